The molecule has 1 N–H and O–H groups in total. The highest BCUT2D eigenvalue weighted by Crippen LogP contribution is 2.08. The second-order valence-electron chi connectivity index (χ2n) is 4.57. The lowest BCUT2D eigenvalue weighted by molar-refractivity contribution is 0.284. The molecule has 0 unspecified atom stereocenters. The van der Waals surface area contributed by atoms with Crippen LogP contribution in [0.25, 0.3) is 0 Å². The number of hydrogen-bond acceptors (Lipinski definition) is 5. The van der Waals surface area contributed by atoms with Crippen molar-refractivity contribution in [2.75, 3.05) is 32.1 Å². The number of anilines is 1. The van der Waals surface area contributed by atoms with Gasteiger partial charge in [-0.25, -0.2) is 4.98 Å². The number of hydrogen-bond donors (Lipinski definition) is 1. The van der Waals surface area contributed by atoms with Gasteiger partial charge >= 0.3 is 0 Å². The van der Waals surface area contributed by atoms with Gasteiger partial charge in [-0.15, -0.1) is 0 Å². The van der Waals surface area contributed by atoms with Crippen molar-refractivity contribution in [1.29, 1.82) is 0 Å². The van der Waals surface area contributed by atoms with E-state index >= 15 is 0 Å². The Kier molecular flexibility index (Phi) is 6.43. The average Bonchev–Trinajstić information content (AvgIpc) is 2.36. The zero-order valence-electron chi connectivity index (χ0n) is 11.8. The maximum atomic E-state index is 5.46. The summed E-state index contributed by atoms with van der Waals surface area (Å²) in [7, 11) is 2.11. The first-order valence-corrected chi connectivity index (χ1v) is 6.53. The van der Waals surface area contributed by atoms with Crippen LogP contribution in [-0.4, -0.2) is 47.7 Å². The van der Waals surface area contributed by atoms with Gasteiger partial charge < -0.3 is 15.0 Å². The van der Waals surface area contributed by atoms with E-state index in [-0.39, 0.29) is 0 Å². The van der Waals surface area contributed by atoms with Crippen LogP contribution in [0.4, 0.5) is 5.95 Å². The molecule has 0 aliphatic rings. The van der Waals surface area contributed by atoms with Crippen molar-refractivity contribution in [3.63, 3.8) is 0 Å². The molecule has 0 bridgehead atoms. The molecule has 0 fully saturated rings. The second-order valence-corrected chi connectivity index (χ2v) is 4.57. The van der Waals surface area contributed by atoms with E-state index in [1.807, 2.05) is 0 Å². The lowest BCUT2D eigenvalue weighted by atomic mass is 10.3. The van der Waals surface area contributed by atoms with Gasteiger partial charge in [0.1, 0.15) is 0 Å². The maximum Gasteiger partial charge on any atom is 0.225 e. The minimum Gasteiger partial charge on any atom is -0.478 e. The second kappa shape index (κ2) is 7.87. The molecule has 0 saturated heterocycles. The van der Waals surface area contributed by atoms with Gasteiger partial charge in [0.25, 0.3) is 0 Å². The number of rotatable bonds is 8. The normalized spacial score (nSPS) is 11.0. The molecule has 1 aromatic rings. The van der Waals surface area contributed by atoms with E-state index in [1.54, 1.807) is 12.3 Å². The van der Waals surface area contributed by atoms with Crippen LogP contribution in [0, 0.1) is 0 Å². The smallest absolute Gasteiger partial charge is 0.225 e. The lowest BCUT2D eigenvalue weighted by Crippen LogP contribution is -2.31. The van der Waals surface area contributed by atoms with Crippen LogP contribution in [-0.2, 0) is 0 Å². The zero-order valence-corrected chi connectivity index (χ0v) is 11.8. The minimum atomic E-state index is 0.548. The van der Waals surface area contributed by atoms with E-state index in [4.69, 9.17) is 4.74 Å². The molecular formula is C13H24N4O. The Morgan fingerprint density at radius 1 is 1.44 bits per heavy atom. The standard InChI is InChI=1S/C13H24N4O/c1-5-10-18-12-6-7-14-13(16-12)15-8-9-17(4)11(2)3/h6-7,11H,5,8-10H2,1-4H3,(H,14,15,16). The van der Waals surface area contributed by atoms with Gasteiger partial charge in [0.2, 0.25) is 11.8 Å². The Morgan fingerprint density at radius 3 is 2.89 bits per heavy atom. The highest BCUT2D eigenvalue weighted by molar-refractivity contribution is 5.27. The van der Waals surface area contributed by atoms with Crippen molar-refractivity contribution in [3.05, 3.63) is 12.3 Å². The van der Waals surface area contributed by atoms with Gasteiger partial charge in [-0.1, -0.05) is 6.92 Å². The fraction of sp³-hybridized carbons (Fsp3) is 0.692. The third kappa shape index (κ3) is 5.31. The number of nitrogens with one attached hydrogen (secondary N) is 1. The number of ether oxygens (including phenoxy) is 1. The molecule has 0 saturated carbocycles. The highest BCUT2D eigenvalue weighted by atomic mass is 16.5. The van der Waals surface area contributed by atoms with Gasteiger partial charge in [0.15, 0.2) is 0 Å². The van der Waals surface area contributed by atoms with Crippen molar-refractivity contribution >= 4 is 5.95 Å². The Bertz CT molecular complexity index is 344. The fourth-order valence-electron chi connectivity index (χ4n) is 1.32. The molecule has 18 heavy (non-hydrogen) atoms. The zero-order chi connectivity index (χ0) is 13.4. The molecule has 0 spiro atoms. The summed E-state index contributed by atoms with van der Waals surface area (Å²) in [5.41, 5.74) is 0. The highest BCUT2D eigenvalue weighted by Gasteiger charge is 2.03. The third-order valence-corrected chi connectivity index (χ3v) is 2.71. The molecule has 5 nitrogen and oxygen atoms in total. The van der Waals surface area contributed by atoms with Gasteiger partial charge in [-0.3, -0.25) is 0 Å². The fourth-order valence-corrected chi connectivity index (χ4v) is 1.32. The van der Waals surface area contributed by atoms with E-state index in [2.05, 4.69) is 48.0 Å². The monoisotopic (exact) mass is 252 g/mol. The molecule has 102 valence electrons. The molecule has 5 heteroatoms. The van der Waals surface area contributed by atoms with Gasteiger partial charge in [-0.2, -0.15) is 4.98 Å². The van der Waals surface area contributed by atoms with E-state index in [1.165, 1.54) is 0 Å². The number of nitrogens with zero attached hydrogens (tertiary/aromatic N) is 3. The molecule has 0 amide bonds. The van der Waals surface area contributed by atoms with Crippen LogP contribution in [0.15, 0.2) is 12.3 Å². The van der Waals surface area contributed by atoms with Crippen LogP contribution in [0.5, 0.6) is 5.88 Å². The third-order valence-electron chi connectivity index (χ3n) is 2.71. The van der Waals surface area contributed by atoms with Gasteiger partial charge in [-0.05, 0) is 27.3 Å². The molecule has 0 radical (unpaired) electrons. The molecule has 0 atom stereocenters. The first-order chi connectivity index (χ1) is 8.63. The van der Waals surface area contributed by atoms with Crippen LogP contribution in [0.2, 0.25) is 0 Å². The summed E-state index contributed by atoms with van der Waals surface area (Å²) in [6.45, 7) is 8.90. The topological polar surface area (TPSA) is 50.3 Å². The van der Waals surface area contributed by atoms with Crippen LogP contribution in [0.1, 0.15) is 27.2 Å². The summed E-state index contributed by atoms with van der Waals surface area (Å²) in [6.07, 6.45) is 2.69. The summed E-state index contributed by atoms with van der Waals surface area (Å²) in [6, 6.07) is 2.33. The van der Waals surface area contributed by atoms with E-state index in [0.29, 0.717) is 24.5 Å². The quantitative estimate of drug-likeness (QED) is 0.767. The summed E-state index contributed by atoms with van der Waals surface area (Å²) in [5.74, 6) is 1.26. The van der Waals surface area contributed by atoms with Crippen molar-refractivity contribution < 1.29 is 4.74 Å². The van der Waals surface area contributed by atoms with Crippen LogP contribution in [0.3, 0.4) is 0 Å². The van der Waals surface area contributed by atoms with Crippen molar-refractivity contribution in [1.82, 2.24) is 14.9 Å². The predicted octanol–water partition coefficient (Wildman–Crippen LogP) is 2.02. The summed E-state index contributed by atoms with van der Waals surface area (Å²) >= 11 is 0. The van der Waals surface area contributed by atoms with Gasteiger partial charge in [0.05, 0.1) is 6.61 Å². The van der Waals surface area contributed by atoms with Crippen molar-refractivity contribution in [3.8, 4) is 5.88 Å². The van der Waals surface area contributed by atoms with Crippen LogP contribution < -0.4 is 10.1 Å². The molecule has 0 aromatic carbocycles. The lowest BCUT2D eigenvalue weighted by Gasteiger charge is -2.20. The largest absolute Gasteiger partial charge is 0.478 e. The maximum absolute atomic E-state index is 5.46. The van der Waals surface area contributed by atoms with Gasteiger partial charge in [0, 0.05) is 31.4 Å². The summed E-state index contributed by atoms with van der Waals surface area (Å²) in [5, 5.41) is 3.20. The van der Waals surface area contributed by atoms with Crippen molar-refractivity contribution in [2.24, 2.45) is 0 Å². The molecule has 1 aromatic heterocycles. The van der Waals surface area contributed by atoms with Crippen molar-refractivity contribution in [2.45, 2.75) is 33.2 Å². The van der Waals surface area contributed by atoms with E-state index in [9.17, 15) is 0 Å². The first-order valence-electron chi connectivity index (χ1n) is 6.53. The Labute approximate surface area is 110 Å². The van der Waals surface area contributed by atoms with E-state index in [0.717, 1.165) is 19.5 Å². The average molecular weight is 252 g/mol. The Hall–Kier alpha value is -1.36. The predicted molar refractivity (Wildman–Crippen MR) is 74.1 cm³/mol. The number of likely N-dealkylation sites (N-methyl/N-ethyl adjacent to an activating group) is 1. The molecule has 0 aliphatic carbocycles. The molecule has 0 aliphatic heterocycles. The summed E-state index contributed by atoms with van der Waals surface area (Å²) < 4.78 is 5.46. The van der Waals surface area contributed by atoms with Crippen LogP contribution >= 0.6 is 0 Å². The molecule has 1 heterocycles. The Balaban J connectivity index is 2.37. The number of aromatic nitrogens is 2. The summed E-state index contributed by atoms with van der Waals surface area (Å²) in [4.78, 5) is 10.7. The molecular weight excluding hydrogens is 228 g/mol. The van der Waals surface area contributed by atoms with E-state index < -0.39 is 0 Å². The SMILES string of the molecule is CCCOc1ccnc(NCCN(C)C(C)C)n1. The molecule has 1 rings (SSSR count). The minimum absolute atomic E-state index is 0.548. The Morgan fingerprint density at radius 2 is 2.22 bits per heavy atom. The first kappa shape index (κ1) is 14.7.